The quantitative estimate of drug-likeness (QED) is 0.332. The molecule has 24 heavy (non-hydrogen) atoms. The SMILES string of the molecule is Cc1cc(C)c(P2C(=O)c3c(F)c(F)c(F)c(F)c3C2=O)c(C)c1. The van der Waals surface area contributed by atoms with E-state index in [9.17, 15) is 27.2 Å². The van der Waals surface area contributed by atoms with Gasteiger partial charge in [0.15, 0.2) is 23.3 Å². The lowest BCUT2D eigenvalue weighted by Crippen LogP contribution is -2.16. The van der Waals surface area contributed by atoms with Gasteiger partial charge in [-0.05, 0) is 37.2 Å². The van der Waals surface area contributed by atoms with E-state index in [4.69, 9.17) is 0 Å². The summed E-state index contributed by atoms with van der Waals surface area (Å²) in [6, 6.07) is 3.48. The highest BCUT2D eigenvalue weighted by molar-refractivity contribution is 7.97. The molecule has 0 aliphatic carbocycles. The highest BCUT2D eigenvalue weighted by Gasteiger charge is 2.47. The van der Waals surface area contributed by atoms with Crippen molar-refractivity contribution in [3.8, 4) is 0 Å². The van der Waals surface area contributed by atoms with Crippen molar-refractivity contribution in [1.29, 1.82) is 0 Å². The molecule has 0 atom stereocenters. The summed E-state index contributed by atoms with van der Waals surface area (Å²) in [5.41, 5.74) is -1.81. The summed E-state index contributed by atoms with van der Waals surface area (Å²) in [5, 5.41) is 0.376. The molecule has 0 saturated heterocycles. The number of hydrogen-bond acceptors (Lipinski definition) is 2. The molecule has 1 aliphatic heterocycles. The first-order valence-corrected chi connectivity index (χ1v) is 8.33. The highest BCUT2D eigenvalue weighted by Crippen LogP contribution is 2.52. The fourth-order valence-electron chi connectivity index (χ4n) is 3.08. The molecule has 0 spiro atoms. The Hall–Kier alpha value is -2.07. The van der Waals surface area contributed by atoms with Crippen molar-refractivity contribution >= 4 is 24.3 Å². The summed E-state index contributed by atoms with van der Waals surface area (Å²) in [7, 11) is -2.29. The third-order valence-electron chi connectivity index (χ3n) is 3.96. The second-order valence-corrected chi connectivity index (χ2v) is 7.63. The van der Waals surface area contributed by atoms with Crippen LogP contribution >= 0.6 is 7.92 Å². The van der Waals surface area contributed by atoms with Crippen LogP contribution in [0.1, 0.15) is 37.4 Å². The van der Waals surface area contributed by atoms with Crippen molar-refractivity contribution in [2.75, 3.05) is 0 Å². The van der Waals surface area contributed by atoms with Gasteiger partial charge >= 0.3 is 0 Å². The Labute approximate surface area is 136 Å². The van der Waals surface area contributed by atoms with Crippen molar-refractivity contribution in [2.24, 2.45) is 0 Å². The van der Waals surface area contributed by atoms with E-state index in [0.717, 1.165) is 5.56 Å². The molecule has 0 amide bonds. The Morgan fingerprint density at radius 3 is 1.46 bits per heavy atom. The summed E-state index contributed by atoms with van der Waals surface area (Å²) >= 11 is 0. The second kappa shape index (κ2) is 5.49. The molecule has 3 rings (SSSR count). The Balaban J connectivity index is 2.30. The van der Waals surface area contributed by atoms with Crippen molar-refractivity contribution in [3.63, 3.8) is 0 Å². The van der Waals surface area contributed by atoms with Crippen molar-refractivity contribution in [1.82, 2.24) is 0 Å². The first-order valence-electron chi connectivity index (χ1n) is 6.99. The Bertz CT molecular complexity index is 867. The maximum absolute atomic E-state index is 14.0. The van der Waals surface area contributed by atoms with E-state index in [1.54, 1.807) is 26.0 Å². The summed E-state index contributed by atoms with van der Waals surface area (Å²) in [4.78, 5) is 25.1. The standard InChI is InChI=1S/C17H11F4O2P/c1-6-4-7(2)15(8(3)5-6)24-16(22)9-10(17(24)23)12(19)14(21)13(20)11(9)18/h4-5H,1-3H3. The maximum Gasteiger partial charge on any atom is 0.200 e. The van der Waals surface area contributed by atoms with E-state index in [-0.39, 0.29) is 0 Å². The predicted molar refractivity (Wildman–Crippen MR) is 82.1 cm³/mol. The number of fused-ring (bicyclic) bond motifs is 1. The summed E-state index contributed by atoms with van der Waals surface area (Å²) in [6.07, 6.45) is 0. The van der Waals surface area contributed by atoms with Gasteiger partial charge in [0.25, 0.3) is 0 Å². The van der Waals surface area contributed by atoms with Crippen LogP contribution in [0.4, 0.5) is 17.6 Å². The average Bonchev–Trinajstić information content (AvgIpc) is 2.75. The molecule has 0 unspecified atom stereocenters. The number of aryl methyl sites for hydroxylation is 3. The Morgan fingerprint density at radius 1 is 0.708 bits per heavy atom. The third kappa shape index (κ3) is 2.13. The zero-order valence-electron chi connectivity index (χ0n) is 12.9. The number of rotatable bonds is 1. The van der Waals surface area contributed by atoms with Crippen LogP contribution in [0, 0.1) is 44.0 Å². The topological polar surface area (TPSA) is 34.1 Å². The molecule has 0 saturated carbocycles. The third-order valence-corrected chi connectivity index (χ3v) is 6.37. The van der Waals surface area contributed by atoms with Crippen LogP contribution in [0.15, 0.2) is 12.1 Å². The number of carbonyl (C=O) groups is 2. The fourth-order valence-corrected chi connectivity index (χ4v) is 5.37. The molecule has 124 valence electrons. The van der Waals surface area contributed by atoms with Crippen LogP contribution in [-0.4, -0.2) is 11.0 Å². The zero-order chi connectivity index (χ0) is 17.9. The first-order chi connectivity index (χ1) is 11.2. The lowest BCUT2D eigenvalue weighted by atomic mass is 10.1. The van der Waals surface area contributed by atoms with Crippen LogP contribution < -0.4 is 5.30 Å². The van der Waals surface area contributed by atoms with Gasteiger partial charge in [0.1, 0.15) is 0 Å². The van der Waals surface area contributed by atoms with Gasteiger partial charge < -0.3 is 0 Å². The number of carbonyl (C=O) groups excluding carboxylic acids is 2. The van der Waals surface area contributed by atoms with Crippen LogP contribution in [0.25, 0.3) is 0 Å². The molecule has 0 fully saturated rings. The molecular formula is C17H11F4O2P. The molecule has 2 nitrogen and oxygen atoms in total. The van der Waals surface area contributed by atoms with Gasteiger partial charge in [0.2, 0.25) is 11.0 Å². The van der Waals surface area contributed by atoms with Gasteiger partial charge in [0.05, 0.1) is 19.0 Å². The first kappa shape index (κ1) is 16.8. The Morgan fingerprint density at radius 2 is 1.08 bits per heavy atom. The molecule has 1 heterocycles. The molecule has 7 heteroatoms. The molecule has 2 aromatic rings. The van der Waals surface area contributed by atoms with Crippen LogP contribution in [0.2, 0.25) is 0 Å². The van der Waals surface area contributed by atoms with E-state index >= 15 is 0 Å². The minimum Gasteiger partial charge on any atom is -0.288 e. The second-order valence-electron chi connectivity index (χ2n) is 5.70. The van der Waals surface area contributed by atoms with E-state index in [1.165, 1.54) is 0 Å². The number of benzene rings is 2. The predicted octanol–water partition coefficient (Wildman–Crippen LogP) is 4.27. The number of halogens is 4. The molecule has 0 aromatic heterocycles. The van der Waals surface area contributed by atoms with Crippen LogP contribution in [-0.2, 0) is 0 Å². The molecule has 1 aliphatic rings. The van der Waals surface area contributed by atoms with Gasteiger partial charge in [-0.25, -0.2) is 17.6 Å². The highest BCUT2D eigenvalue weighted by atomic mass is 31.1. The number of hydrogen-bond donors (Lipinski definition) is 0. The van der Waals surface area contributed by atoms with Gasteiger partial charge in [-0.2, -0.15) is 0 Å². The van der Waals surface area contributed by atoms with Crippen molar-refractivity contribution in [2.45, 2.75) is 20.8 Å². The van der Waals surface area contributed by atoms with E-state index < -0.39 is 53.4 Å². The normalized spacial score (nSPS) is 14.5. The maximum atomic E-state index is 14.0. The molecule has 0 bridgehead atoms. The largest absolute Gasteiger partial charge is 0.288 e. The lowest BCUT2D eigenvalue weighted by molar-refractivity contribution is 0.107. The minimum atomic E-state index is -2.29. The summed E-state index contributed by atoms with van der Waals surface area (Å²) in [6.45, 7) is 5.18. The van der Waals surface area contributed by atoms with Gasteiger partial charge in [0, 0.05) is 0 Å². The van der Waals surface area contributed by atoms with Gasteiger partial charge in [-0.15, -0.1) is 0 Å². The lowest BCUT2D eigenvalue weighted by Gasteiger charge is -2.15. The monoisotopic (exact) mass is 354 g/mol. The Kier molecular flexibility index (Phi) is 3.83. The summed E-state index contributed by atoms with van der Waals surface area (Å²) in [5.74, 6) is -7.78. The fraction of sp³-hybridized carbons (Fsp3) is 0.176. The molecule has 2 aromatic carbocycles. The van der Waals surface area contributed by atoms with Crippen molar-refractivity contribution < 1.29 is 27.2 Å². The van der Waals surface area contributed by atoms with Crippen molar-refractivity contribution in [3.05, 3.63) is 63.2 Å². The van der Waals surface area contributed by atoms with Crippen LogP contribution in [0.3, 0.4) is 0 Å². The molecule has 0 radical (unpaired) electrons. The summed E-state index contributed by atoms with van der Waals surface area (Å²) < 4.78 is 54.8. The van der Waals surface area contributed by atoms with Gasteiger partial charge in [-0.3, -0.25) is 9.59 Å². The molecular weight excluding hydrogens is 343 g/mol. The van der Waals surface area contributed by atoms with E-state index in [2.05, 4.69) is 0 Å². The van der Waals surface area contributed by atoms with E-state index in [0.29, 0.717) is 16.4 Å². The zero-order valence-corrected chi connectivity index (χ0v) is 13.8. The smallest absolute Gasteiger partial charge is 0.200 e. The average molecular weight is 354 g/mol. The minimum absolute atomic E-state index is 0.376. The van der Waals surface area contributed by atoms with Gasteiger partial charge in [-0.1, -0.05) is 17.7 Å². The van der Waals surface area contributed by atoms with Crippen LogP contribution in [0.5, 0.6) is 0 Å². The van der Waals surface area contributed by atoms with E-state index in [1.807, 2.05) is 6.92 Å². The molecule has 0 N–H and O–H groups in total.